The number of methoxy groups -OCH3 is 1. The number of imidazole rings is 1. The summed E-state index contributed by atoms with van der Waals surface area (Å²) in [5, 5.41) is 4.12. The Balaban J connectivity index is 1.47. The number of aromatic nitrogens is 5. The second-order valence-electron chi connectivity index (χ2n) is 6.34. The van der Waals surface area contributed by atoms with Crippen LogP contribution in [0, 0.1) is 0 Å². The van der Waals surface area contributed by atoms with Crippen molar-refractivity contribution in [3.05, 3.63) is 42.4 Å². The van der Waals surface area contributed by atoms with Crippen LogP contribution in [0.3, 0.4) is 0 Å². The molecule has 0 saturated carbocycles. The van der Waals surface area contributed by atoms with Gasteiger partial charge in [0, 0.05) is 31.8 Å². The Kier molecular flexibility index (Phi) is 5.40. The quantitative estimate of drug-likeness (QED) is 0.602. The molecule has 1 saturated heterocycles. The second-order valence-corrected chi connectivity index (χ2v) is 6.34. The van der Waals surface area contributed by atoms with Crippen LogP contribution in [0.25, 0.3) is 11.5 Å². The Bertz CT molecular complexity index is 850. The van der Waals surface area contributed by atoms with Gasteiger partial charge in [-0.05, 0) is 25.5 Å². The Morgan fingerprint density at radius 1 is 1.30 bits per heavy atom. The van der Waals surface area contributed by atoms with Gasteiger partial charge in [-0.1, -0.05) is 5.16 Å². The van der Waals surface area contributed by atoms with Crippen molar-refractivity contribution in [3.8, 4) is 17.3 Å². The van der Waals surface area contributed by atoms with Crippen LogP contribution >= 0.6 is 0 Å². The lowest BCUT2D eigenvalue weighted by Gasteiger charge is -2.19. The number of H-pyrrole nitrogens is 1. The molecule has 1 atom stereocenters. The van der Waals surface area contributed by atoms with Gasteiger partial charge in [0.1, 0.15) is 23.9 Å². The molecule has 0 aromatic carbocycles. The van der Waals surface area contributed by atoms with Crippen LogP contribution in [-0.2, 0) is 11.3 Å². The van der Waals surface area contributed by atoms with Crippen LogP contribution in [0.1, 0.15) is 30.6 Å². The maximum atomic E-state index is 5.62. The van der Waals surface area contributed by atoms with E-state index in [1.165, 1.54) is 0 Å². The third-order valence-electron chi connectivity index (χ3n) is 4.51. The summed E-state index contributed by atoms with van der Waals surface area (Å²) >= 11 is 0. The minimum atomic E-state index is 0.0949. The number of likely N-dealkylation sites (tertiary alicyclic amines) is 1. The zero-order valence-electron chi connectivity index (χ0n) is 15.2. The van der Waals surface area contributed by atoms with E-state index in [1.807, 2.05) is 6.20 Å². The lowest BCUT2D eigenvalue weighted by molar-refractivity contribution is 0.146. The van der Waals surface area contributed by atoms with E-state index in [0.717, 1.165) is 31.8 Å². The SMILES string of the molecule is COCCOc1ccnc(-c2noc(C3CCCN3Cc3ncc[nH]3)n2)c1. The van der Waals surface area contributed by atoms with Crippen molar-refractivity contribution in [1.29, 1.82) is 0 Å². The molecule has 9 heteroatoms. The van der Waals surface area contributed by atoms with E-state index in [0.29, 0.717) is 36.4 Å². The normalized spacial score (nSPS) is 17.4. The minimum absolute atomic E-state index is 0.0949. The van der Waals surface area contributed by atoms with Gasteiger partial charge < -0.3 is 19.0 Å². The van der Waals surface area contributed by atoms with Gasteiger partial charge in [0.2, 0.25) is 11.7 Å². The number of rotatable bonds is 8. The first kappa shape index (κ1) is 17.6. The molecule has 0 bridgehead atoms. The smallest absolute Gasteiger partial charge is 0.244 e. The van der Waals surface area contributed by atoms with Crippen molar-refractivity contribution in [2.24, 2.45) is 0 Å². The maximum Gasteiger partial charge on any atom is 0.244 e. The van der Waals surface area contributed by atoms with Crippen molar-refractivity contribution in [1.82, 2.24) is 30.0 Å². The average molecular weight is 370 g/mol. The summed E-state index contributed by atoms with van der Waals surface area (Å²) in [4.78, 5) is 18.7. The van der Waals surface area contributed by atoms with Crippen LogP contribution in [0.2, 0.25) is 0 Å². The number of aromatic amines is 1. The molecule has 27 heavy (non-hydrogen) atoms. The van der Waals surface area contributed by atoms with E-state index in [1.54, 1.807) is 31.6 Å². The highest BCUT2D eigenvalue weighted by atomic mass is 16.5. The van der Waals surface area contributed by atoms with E-state index in [9.17, 15) is 0 Å². The van der Waals surface area contributed by atoms with E-state index >= 15 is 0 Å². The Morgan fingerprint density at radius 2 is 2.26 bits per heavy atom. The molecule has 9 nitrogen and oxygen atoms in total. The van der Waals surface area contributed by atoms with Gasteiger partial charge in [-0.2, -0.15) is 4.98 Å². The van der Waals surface area contributed by atoms with E-state index in [4.69, 9.17) is 14.0 Å². The number of pyridine rings is 1. The molecule has 1 unspecified atom stereocenters. The number of nitrogens with one attached hydrogen (secondary N) is 1. The fourth-order valence-corrected chi connectivity index (χ4v) is 3.21. The summed E-state index contributed by atoms with van der Waals surface area (Å²) in [6, 6.07) is 3.69. The highest BCUT2D eigenvalue weighted by Gasteiger charge is 2.31. The zero-order chi connectivity index (χ0) is 18.5. The van der Waals surface area contributed by atoms with Gasteiger partial charge in [-0.15, -0.1) is 0 Å². The van der Waals surface area contributed by atoms with Crippen molar-refractivity contribution >= 4 is 0 Å². The van der Waals surface area contributed by atoms with Gasteiger partial charge in [-0.3, -0.25) is 9.88 Å². The summed E-state index contributed by atoms with van der Waals surface area (Å²) in [6.45, 7) is 2.71. The van der Waals surface area contributed by atoms with Gasteiger partial charge in [-0.25, -0.2) is 4.98 Å². The summed E-state index contributed by atoms with van der Waals surface area (Å²) in [5.41, 5.74) is 0.621. The topological polar surface area (TPSA) is 102 Å². The molecule has 1 fully saturated rings. The van der Waals surface area contributed by atoms with Gasteiger partial charge in [0.05, 0.1) is 19.2 Å². The first-order chi connectivity index (χ1) is 13.3. The molecule has 1 aliphatic heterocycles. The molecule has 1 N–H and O–H groups in total. The number of hydrogen-bond donors (Lipinski definition) is 1. The van der Waals surface area contributed by atoms with Gasteiger partial charge >= 0.3 is 0 Å². The van der Waals surface area contributed by atoms with Gasteiger partial charge in [0.15, 0.2) is 0 Å². The molecule has 3 aromatic rings. The molecule has 0 amide bonds. The Hall–Kier alpha value is -2.78. The van der Waals surface area contributed by atoms with Gasteiger partial charge in [0.25, 0.3) is 0 Å². The fourth-order valence-electron chi connectivity index (χ4n) is 3.21. The molecule has 0 aliphatic carbocycles. The first-order valence-electron chi connectivity index (χ1n) is 8.97. The molecule has 1 aliphatic rings. The first-order valence-corrected chi connectivity index (χ1v) is 8.97. The predicted octanol–water partition coefficient (Wildman–Crippen LogP) is 2.22. The van der Waals surface area contributed by atoms with Crippen LogP contribution < -0.4 is 4.74 Å². The van der Waals surface area contributed by atoms with Crippen LogP contribution in [0.4, 0.5) is 0 Å². The van der Waals surface area contributed by atoms with Crippen molar-refractivity contribution < 1.29 is 14.0 Å². The monoisotopic (exact) mass is 370 g/mol. The number of ether oxygens (including phenoxy) is 2. The highest BCUT2D eigenvalue weighted by Crippen LogP contribution is 2.32. The number of nitrogens with zero attached hydrogens (tertiary/aromatic N) is 5. The third-order valence-corrected chi connectivity index (χ3v) is 4.51. The molecular weight excluding hydrogens is 348 g/mol. The minimum Gasteiger partial charge on any atom is -0.491 e. The fraction of sp³-hybridized carbons (Fsp3) is 0.444. The second kappa shape index (κ2) is 8.28. The van der Waals surface area contributed by atoms with Crippen LogP contribution in [-0.4, -0.2) is 56.9 Å². The molecule has 4 heterocycles. The van der Waals surface area contributed by atoms with Crippen LogP contribution in [0.5, 0.6) is 5.75 Å². The van der Waals surface area contributed by atoms with E-state index in [2.05, 4.69) is 30.0 Å². The standard InChI is InChI=1S/C18H22N6O3/c1-25-9-10-26-13-4-5-19-14(11-13)17-22-18(27-23-17)15-3-2-8-24(15)12-16-20-6-7-21-16/h4-7,11,15H,2-3,8-10,12H2,1H3,(H,20,21). The summed E-state index contributed by atoms with van der Waals surface area (Å²) in [6.07, 6.45) is 7.34. The highest BCUT2D eigenvalue weighted by molar-refractivity contribution is 5.50. The molecule has 0 spiro atoms. The zero-order valence-corrected chi connectivity index (χ0v) is 15.2. The molecule has 3 aromatic heterocycles. The lowest BCUT2D eigenvalue weighted by atomic mass is 10.2. The van der Waals surface area contributed by atoms with E-state index < -0.39 is 0 Å². The predicted molar refractivity (Wildman–Crippen MR) is 95.9 cm³/mol. The summed E-state index contributed by atoms with van der Waals surface area (Å²) in [7, 11) is 1.64. The Labute approximate surface area is 156 Å². The number of hydrogen-bond acceptors (Lipinski definition) is 8. The molecular formula is C18H22N6O3. The summed E-state index contributed by atoms with van der Waals surface area (Å²) in [5.74, 6) is 2.71. The Morgan fingerprint density at radius 3 is 3.11 bits per heavy atom. The molecule has 0 radical (unpaired) electrons. The largest absolute Gasteiger partial charge is 0.491 e. The molecule has 4 rings (SSSR count). The van der Waals surface area contributed by atoms with E-state index in [-0.39, 0.29) is 6.04 Å². The lowest BCUT2D eigenvalue weighted by Crippen LogP contribution is -2.23. The summed E-state index contributed by atoms with van der Waals surface area (Å²) < 4.78 is 16.2. The maximum absolute atomic E-state index is 5.62. The van der Waals surface area contributed by atoms with Crippen molar-refractivity contribution in [2.45, 2.75) is 25.4 Å². The third kappa shape index (κ3) is 4.15. The van der Waals surface area contributed by atoms with Crippen molar-refractivity contribution in [3.63, 3.8) is 0 Å². The van der Waals surface area contributed by atoms with Crippen molar-refractivity contribution in [2.75, 3.05) is 26.9 Å². The molecule has 142 valence electrons. The van der Waals surface area contributed by atoms with Crippen LogP contribution in [0.15, 0.2) is 35.2 Å². The average Bonchev–Trinajstić information content (AvgIpc) is 3.44.